The van der Waals surface area contributed by atoms with Crippen LogP contribution in [0.2, 0.25) is 0 Å². The molecule has 0 aliphatic heterocycles. The van der Waals surface area contributed by atoms with E-state index in [0.29, 0.717) is 25.5 Å². The fourth-order valence-corrected chi connectivity index (χ4v) is 2.11. The first kappa shape index (κ1) is 21.7. The number of aryl methyl sites for hydroxylation is 2. The highest BCUT2D eigenvalue weighted by atomic mass is 127. The predicted octanol–water partition coefficient (Wildman–Crippen LogP) is 1.24. The molecule has 0 bridgehead atoms. The molecule has 3 N–H and O–H groups in total. The van der Waals surface area contributed by atoms with Gasteiger partial charge in [-0.25, -0.2) is 0 Å². The molecule has 23 heavy (non-hydrogen) atoms. The Balaban J connectivity index is 0.00000484. The van der Waals surface area contributed by atoms with Crippen molar-refractivity contribution in [3.05, 3.63) is 17.0 Å². The highest BCUT2D eigenvalue weighted by Gasteiger charge is 2.09. The summed E-state index contributed by atoms with van der Waals surface area (Å²) in [6, 6.07) is 0. The van der Waals surface area contributed by atoms with Gasteiger partial charge in [-0.05, 0) is 20.3 Å². The van der Waals surface area contributed by atoms with Gasteiger partial charge in [0.25, 0.3) is 0 Å². The van der Waals surface area contributed by atoms with Gasteiger partial charge in [0, 0.05) is 51.4 Å². The first-order valence-corrected chi connectivity index (χ1v) is 7.69. The van der Waals surface area contributed by atoms with Crippen LogP contribution in [0.15, 0.2) is 4.99 Å². The Kier molecular flexibility index (Phi) is 10.6. The van der Waals surface area contributed by atoms with Crippen LogP contribution in [0.5, 0.6) is 0 Å². The molecule has 1 aromatic rings. The number of hydrogen-bond donors (Lipinski definition) is 3. The van der Waals surface area contributed by atoms with E-state index in [1.54, 1.807) is 7.05 Å². The van der Waals surface area contributed by atoms with E-state index in [-0.39, 0.29) is 29.9 Å². The standard InChI is InChI=1S/C15H28N6O.HI/c1-6-8-17-14(22)7-9-18-15(16-4)19-10-13-11(2)20-21(5)12(13)3;/h6-10H2,1-5H3,(H,17,22)(H2,16,18,19);1H. The van der Waals surface area contributed by atoms with Crippen molar-refractivity contribution >= 4 is 35.8 Å². The summed E-state index contributed by atoms with van der Waals surface area (Å²) in [6.45, 7) is 8.02. The molecule has 1 rings (SSSR count). The maximum atomic E-state index is 11.5. The lowest BCUT2D eigenvalue weighted by molar-refractivity contribution is -0.120. The van der Waals surface area contributed by atoms with E-state index in [4.69, 9.17) is 0 Å². The Labute approximate surface area is 155 Å². The molecule has 0 atom stereocenters. The maximum Gasteiger partial charge on any atom is 0.221 e. The minimum Gasteiger partial charge on any atom is -0.356 e. The SMILES string of the molecule is CCCNC(=O)CCNC(=NC)NCc1c(C)nn(C)c1C.I. The Hall–Kier alpha value is -1.32. The average molecular weight is 436 g/mol. The van der Waals surface area contributed by atoms with Gasteiger partial charge in [-0.2, -0.15) is 5.10 Å². The second-order valence-corrected chi connectivity index (χ2v) is 5.23. The van der Waals surface area contributed by atoms with E-state index < -0.39 is 0 Å². The van der Waals surface area contributed by atoms with Crippen LogP contribution >= 0.6 is 24.0 Å². The summed E-state index contributed by atoms with van der Waals surface area (Å²) in [7, 11) is 3.66. The van der Waals surface area contributed by atoms with E-state index >= 15 is 0 Å². The Morgan fingerprint density at radius 1 is 1.22 bits per heavy atom. The molecule has 0 spiro atoms. The molecule has 0 aliphatic carbocycles. The Morgan fingerprint density at radius 2 is 1.91 bits per heavy atom. The van der Waals surface area contributed by atoms with E-state index in [1.165, 1.54) is 5.56 Å². The zero-order chi connectivity index (χ0) is 16.5. The largest absolute Gasteiger partial charge is 0.356 e. The van der Waals surface area contributed by atoms with Crippen LogP contribution in [0, 0.1) is 13.8 Å². The number of rotatable bonds is 7. The molecule has 0 radical (unpaired) electrons. The number of aromatic nitrogens is 2. The molecule has 0 saturated heterocycles. The zero-order valence-corrected chi connectivity index (χ0v) is 17.0. The number of halogens is 1. The molecule has 1 amide bonds. The van der Waals surface area contributed by atoms with Crippen LogP contribution in [-0.4, -0.2) is 41.8 Å². The summed E-state index contributed by atoms with van der Waals surface area (Å²) in [5.74, 6) is 0.745. The smallest absolute Gasteiger partial charge is 0.221 e. The molecule has 1 heterocycles. The topological polar surface area (TPSA) is 83.3 Å². The van der Waals surface area contributed by atoms with Crippen molar-refractivity contribution in [2.75, 3.05) is 20.1 Å². The van der Waals surface area contributed by atoms with Gasteiger partial charge < -0.3 is 16.0 Å². The fourth-order valence-electron chi connectivity index (χ4n) is 2.11. The van der Waals surface area contributed by atoms with Crippen molar-refractivity contribution in [1.82, 2.24) is 25.7 Å². The van der Waals surface area contributed by atoms with Crippen molar-refractivity contribution in [2.45, 2.75) is 40.2 Å². The van der Waals surface area contributed by atoms with Crippen molar-refractivity contribution in [3.63, 3.8) is 0 Å². The van der Waals surface area contributed by atoms with Gasteiger partial charge in [0.15, 0.2) is 5.96 Å². The molecule has 132 valence electrons. The number of nitrogens with one attached hydrogen (secondary N) is 3. The minimum atomic E-state index is 0. The van der Waals surface area contributed by atoms with Gasteiger partial charge in [-0.3, -0.25) is 14.5 Å². The van der Waals surface area contributed by atoms with Crippen LogP contribution in [-0.2, 0) is 18.4 Å². The summed E-state index contributed by atoms with van der Waals surface area (Å²) < 4.78 is 1.88. The number of nitrogens with zero attached hydrogens (tertiary/aromatic N) is 3. The predicted molar refractivity (Wildman–Crippen MR) is 104 cm³/mol. The molecule has 0 fully saturated rings. The molecular weight excluding hydrogens is 407 g/mol. The van der Waals surface area contributed by atoms with Crippen LogP contribution in [0.4, 0.5) is 0 Å². The van der Waals surface area contributed by atoms with Crippen LogP contribution < -0.4 is 16.0 Å². The fraction of sp³-hybridized carbons (Fsp3) is 0.667. The maximum absolute atomic E-state index is 11.5. The van der Waals surface area contributed by atoms with E-state index in [1.807, 2.05) is 32.5 Å². The summed E-state index contributed by atoms with van der Waals surface area (Å²) in [4.78, 5) is 15.7. The third-order valence-electron chi connectivity index (χ3n) is 3.53. The molecule has 8 heteroatoms. The number of hydrogen-bond acceptors (Lipinski definition) is 3. The summed E-state index contributed by atoms with van der Waals surface area (Å²) in [5.41, 5.74) is 3.33. The molecular formula is C15H29IN6O. The first-order valence-electron chi connectivity index (χ1n) is 7.69. The molecule has 0 saturated carbocycles. The van der Waals surface area contributed by atoms with Crippen LogP contribution in [0.1, 0.15) is 36.7 Å². The second kappa shape index (κ2) is 11.3. The Morgan fingerprint density at radius 3 is 2.43 bits per heavy atom. The van der Waals surface area contributed by atoms with Crippen LogP contribution in [0.25, 0.3) is 0 Å². The lowest BCUT2D eigenvalue weighted by Crippen LogP contribution is -2.39. The number of guanidine groups is 1. The quantitative estimate of drug-likeness (QED) is 0.341. The van der Waals surface area contributed by atoms with Gasteiger partial charge >= 0.3 is 0 Å². The number of carbonyl (C=O) groups excluding carboxylic acids is 1. The molecule has 0 unspecified atom stereocenters. The van der Waals surface area contributed by atoms with Crippen molar-refractivity contribution in [2.24, 2.45) is 12.0 Å². The summed E-state index contributed by atoms with van der Waals surface area (Å²) in [5, 5.41) is 13.6. The van der Waals surface area contributed by atoms with E-state index in [9.17, 15) is 4.79 Å². The Bertz CT molecular complexity index is 526. The summed E-state index contributed by atoms with van der Waals surface area (Å²) in [6.07, 6.45) is 1.39. The van der Waals surface area contributed by atoms with Crippen molar-refractivity contribution < 1.29 is 4.79 Å². The lowest BCUT2D eigenvalue weighted by Gasteiger charge is -2.12. The second-order valence-electron chi connectivity index (χ2n) is 5.23. The molecule has 7 nitrogen and oxygen atoms in total. The van der Waals surface area contributed by atoms with E-state index in [2.05, 4.69) is 26.0 Å². The molecule has 0 aliphatic rings. The highest BCUT2D eigenvalue weighted by Crippen LogP contribution is 2.10. The summed E-state index contributed by atoms with van der Waals surface area (Å²) >= 11 is 0. The van der Waals surface area contributed by atoms with Gasteiger partial charge in [-0.15, -0.1) is 24.0 Å². The normalized spacial score (nSPS) is 10.9. The average Bonchev–Trinajstić information content (AvgIpc) is 2.74. The highest BCUT2D eigenvalue weighted by molar-refractivity contribution is 14.0. The van der Waals surface area contributed by atoms with Gasteiger partial charge in [0.2, 0.25) is 5.91 Å². The number of aliphatic imine (C=N–C) groups is 1. The third kappa shape index (κ3) is 7.19. The number of carbonyl (C=O) groups is 1. The van der Waals surface area contributed by atoms with Gasteiger partial charge in [0.05, 0.1) is 5.69 Å². The zero-order valence-electron chi connectivity index (χ0n) is 14.7. The van der Waals surface area contributed by atoms with Crippen molar-refractivity contribution in [1.29, 1.82) is 0 Å². The molecule has 1 aromatic heterocycles. The van der Waals surface area contributed by atoms with Crippen molar-refractivity contribution in [3.8, 4) is 0 Å². The molecule has 0 aromatic carbocycles. The third-order valence-corrected chi connectivity index (χ3v) is 3.53. The van der Waals surface area contributed by atoms with Gasteiger partial charge in [-0.1, -0.05) is 6.92 Å². The first-order chi connectivity index (χ1) is 10.5. The number of amides is 1. The van der Waals surface area contributed by atoms with E-state index in [0.717, 1.165) is 24.4 Å². The van der Waals surface area contributed by atoms with Crippen LogP contribution in [0.3, 0.4) is 0 Å². The van der Waals surface area contributed by atoms with Gasteiger partial charge in [0.1, 0.15) is 0 Å². The lowest BCUT2D eigenvalue weighted by atomic mass is 10.2. The minimum absolute atomic E-state index is 0. The monoisotopic (exact) mass is 436 g/mol.